The van der Waals surface area contributed by atoms with E-state index < -0.39 is 4.92 Å². The van der Waals surface area contributed by atoms with E-state index in [0.29, 0.717) is 23.7 Å². The summed E-state index contributed by atoms with van der Waals surface area (Å²) in [6, 6.07) is 4.57. The Hall–Kier alpha value is -2.15. The molecule has 2 rings (SSSR count). The third kappa shape index (κ3) is 2.51. The quantitative estimate of drug-likeness (QED) is 0.615. The van der Waals surface area contributed by atoms with E-state index in [4.69, 9.17) is 10.2 Å². The molecule has 0 aliphatic heterocycles. The number of nitro groups is 1. The highest BCUT2D eigenvalue weighted by molar-refractivity contribution is 5.77. The minimum Gasteiger partial charge on any atom is -0.423 e. The summed E-state index contributed by atoms with van der Waals surface area (Å²) in [5.74, 6) is 0. The zero-order valence-corrected chi connectivity index (χ0v) is 9.21. The molecule has 0 spiro atoms. The molecule has 1 heterocycles. The van der Waals surface area contributed by atoms with Gasteiger partial charge in [0.05, 0.1) is 11.0 Å². The molecule has 7 heteroatoms. The maximum atomic E-state index is 10.6. The van der Waals surface area contributed by atoms with Crippen molar-refractivity contribution in [2.75, 3.05) is 11.9 Å². The normalized spacial score (nSPS) is 12.6. The molecule has 0 aliphatic carbocycles. The van der Waals surface area contributed by atoms with Crippen LogP contribution in [-0.4, -0.2) is 22.5 Å². The number of hydrogen-bond acceptors (Lipinski definition) is 6. The van der Waals surface area contributed by atoms with Crippen molar-refractivity contribution in [2.24, 2.45) is 5.73 Å². The molecule has 0 bridgehead atoms. The van der Waals surface area contributed by atoms with E-state index >= 15 is 0 Å². The Morgan fingerprint density at radius 3 is 3.06 bits per heavy atom. The van der Waals surface area contributed by atoms with Crippen LogP contribution in [0.1, 0.15) is 6.92 Å². The summed E-state index contributed by atoms with van der Waals surface area (Å²) in [5, 5.41) is 13.5. The minimum absolute atomic E-state index is 0.0209. The number of nitrogens with one attached hydrogen (secondary N) is 1. The van der Waals surface area contributed by atoms with Crippen LogP contribution in [0.25, 0.3) is 11.1 Å². The van der Waals surface area contributed by atoms with Crippen LogP contribution in [0.15, 0.2) is 22.6 Å². The van der Waals surface area contributed by atoms with E-state index in [2.05, 4.69) is 10.3 Å². The van der Waals surface area contributed by atoms with E-state index in [0.717, 1.165) is 0 Å². The van der Waals surface area contributed by atoms with Crippen LogP contribution >= 0.6 is 0 Å². The third-order valence-corrected chi connectivity index (χ3v) is 2.16. The summed E-state index contributed by atoms with van der Waals surface area (Å²) >= 11 is 0. The number of fused-ring (bicyclic) bond motifs is 1. The molecule has 0 saturated carbocycles. The molecule has 7 nitrogen and oxygen atoms in total. The van der Waals surface area contributed by atoms with E-state index in [1.807, 2.05) is 6.92 Å². The predicted octanol–water partition coefficient (Wildman–Crippen LogP) is 1.50. The Kier molecular flexibility index (Phi) is 2.92. The highest BCUT2D eigenvalue weighted by Gasteiger charge is 2.11. The lowest BCUT2D eigenvalue weighted by molar-refractivity contribution is -0.384. The molecular weight excluding hydrogens is 224 g/mol. The number of non-ortho nitro benzene ring substituents is 1. The number of nitro benzene ring substituents is 1. The maximum absolute atomic E-state index is 10.6. The Balaban J connectivity index is 2.27. The number of hydrogen-bond donors (Lipinski definition) is 2. The standard InChI is InChI=1S/C10H12N4O3/c1-6(11)5-12-10-13-8-3-2-7(14(15)16)4-9(8)17-10/h2-4,6H,5,11H2,1H3,(H,12,13). The molecular formula is C10H12N4O3. The molecule has 1 atom stereocenters. The number of benzene rings is 1. The number of nitrogens with zero attached hydrogens (tertiary/aromatic N) is 2. The molecule has 90 valence electrons. The van der Waals surface area contributed by atoms with Gasteiger partial charge < -0.3 is 15.5 Å². The van der Waals surface area contributed by atoms with Crippen molar-refractivity contribution >= 4 is 22.8 Å². The summed E-state index contributed by atoms with van der Waals surface area (Å²) < 4.78 is 5.33. The van der Waals surface area contributed by atoms with Crippen molar-refractivity contribution in [2.45, 2.75) is 13.0 Å². The van der Waals surface area contributed by atoms with Crippen LogP contribution in [0.5, 0.6) is 0 Å². The Labute approximate surface area is 96.8 Å². The molecule has 1 unspecified atom stereocenters. The van der Waals surface area contributed by atoms with Gasteiger partial charge in [0.15, 0.2) is 5.58 Å². The molecule has 3 N–H and O–H groups in total. The first kappa shape index (κ1) is 11.3. The van der Waals surface area contributed by atoms with Gasteiger partial charge in [-0.25, -0.2) is 0 Å². The maximum Gasteiger partial charge on any atom is 0.295 e. The lowest BCUT2D eigenvalue weighted by atomic mass is 10.3. The van der Waals surface area contributed by atoms with Crippen LogP contribution in [0, 0.1) is 10.1 Å². The number of rotatable bonds is 4. The van der Waals surface area contributed by atoms with E-state index in [1.165, 1.54) is 12.1 Å². The predicted molar refractivity (Wildman–Crippen MR) is 62.8 cm³/mol. The Morgan fingerprint density at radius 2 is 2.41 bits per heavy atom. The molecule has 1 aromatic heterocycles. The zero-order valence-electron chi connectivity index (χ0n) is 9.21. The molecule has 0 aliphatic rings. The summed E-state index contributed by atoms with van der Waals surface area (Å²) in [6.45, 7) is 2.37. The van der Waals surface area contributed by atoms with Crippen LogP contribution in [0.4, 0.5) is 11.7 Å². The number of anilines is 1. The summed E-state index contributed by atoms with van der Waals surface area (Å²) in [4.78, 5) is 14.2. The fraction of sp³-hybridized carbons (Fsp3) is 0.300. The van der Waals surface area contributed by atoms with Gasteiger partial charge in [0.2, 0.25) is 0 Å². The van der Waals surface area contributed by atoms with Crippen molar-refractivity contribution in [1.29, 1.82) is 0 Å². The van der Waals surface area contributed by atoms with Crippen LogP contribution in [0.2, 0.25) is 0 Å². The second-order valence-electron chi connectivity index (χ2n) is 3.79. The van der Waals surface area contributed by atoms with Crippen molar-refractivity contribution in [1.82, 2.24) is 4.98 Å². The van der Waals surface area contributed by atoms with Gasteiger partial charge in [-0.3, -0.25) is 10.1 Å². The zero-order chi connectivity index (χ0) is 12.4. The highest BCUT2D eigenvalue weighted by atomic mass is 16.6. The van der Waals surface area contributed by atoms with Gasteiger partial charge in [-0.05, 0) is 13.0 Å². The first-order chi connectivity index (χ1) is 8.06. The molecule has 0 radical (unpaired) electrons. The molecule has 2 aromatic rings. The summed E-state index contributed by atoms with van der Waals surface area (Å²) in [5.41, 5.74) is 6.51. The number of nitrogens with two attached hydrogens (primary N) is 1. The van der Waals surface area contributed by atoms with Crippen LogP contribution < -0.4 is 11.1 Å². The SMILES string of the molecule is CC(N)CNc1nc2ccc([N+](=O)[O-])cc2o1. The summed E-state index contributed by atoms with van der Waals surface area (Å²) in [6.07, 6.45) is 0. The van der Waals surface area contributed by atoms with E-state index in [-0.39, 0.29) is 11.7 Å². The third-order valence-electron chi connectivity index (χ3n) is 2.16. The van der Waals surface area contributed by atoms with Gasteiger partial charge in [-0.15, -0.1) is 0 Å². The summed E-state index contributed by atoms with van der Waals surface area (Å²) in [7, 11) is 0. The monoisotopic (exact) mass is 236 g/mol. The molecule has 17 heavy (non-hydrogen) atoms. The second kappa shape index (κ2) is 4.38. The van der Waals surface area contributed by atoms with Gasteiger partial charge >= 0.3 is 0 Å². The first-order valence-electron chi connectivity index (χ1n) is 5.10. The number of oxazole rings is 1. The molecule has 1 aromatic carbocycles. The van der Waals surface area contributed by atoms with Crippen molar-refractivity contribution < 1.29 is 9.34 Å². The molecule has 0 amide bonds. The average molecular weight is 236 g/mol. The van der Waals surface area contributed by atoms with Crippen LogP contribution in [0.3, 0.4) is 0 Å². The van der Waals surface area contributed by atoms with Gasteiger partial charge in [-0.2, -0.15) is 4.98 Å². The minimum atomic E-state index is -0.475. The van der Waals surface area contributed by atoms with Gasteiger partial charge in [0.1, 0.15) is 5.52 Å². The Bertz CT molecular complexity index is 549. The fourth-order valence-electron chi connectivity index (χ4n) is 1.35. The van der Waals surface area contributed by atoms with Crippen molar-refractivity contribution in [3.8, 4) is 0 Å². The highest BCUT2D eigenvalue weighted by Crippen LogP contribution is 2.23. The topological polar surface area (TPSA) is 107 Å². The second-order valence-corrected chi connectivity index (χ2v) is 3.79. The van der Waals surface area contributed by atoms with Gasteiger partial charge in [0, 0.05) is 18.7 Å². The average Bonchev–Trinajstić information content (AvgIpc) is 2.67. The van der Waals surface area contributed by atoms with Crippen molar-refractivity contribution in [3.63, 3.8) is 0 Å². The largest absolute Gasteiger partial charge is 0.423 e. The smallest absolute Gasteiger partial charge is 0.295 e. The molecule has 0 saturated heterocycles. The van der Waals surface area contributed by atoms with Gasteiger partial charge in [0.25, 0.3) is 11.7 Å². The Morgan fingerprint density at radius 1 is 1.65 bits per heavy atom. The molecule has 0 fully saturated rings. The number of aromatic nitrogens is 1. The fourth-order valence-corrected chi connectivity index (χ4v) is 1.35. The van der Waals surface area contributed by atoms with Crippen molar-refractivity contribution in [3.05, 3.63) is 28.3 Å². The van der Waals surface area contributed by atoms with Gasteiger partial charge in [-0.1, -0.05) is 0 Å². The lowest BCUT2D eigenvalue weighted by Crippen LogP contribution is -2.25. The first-order valence-corrected chi connectivity index (χ1v) is 5.10. The van der Waals surface area contributed by atoms with E-state index in [1.54, 1.807) is 6.07 Å². The van der Waals surface area contributed by atoms with E-state index in [9.17, 15) is 10.1 Å². The van der Waals surface area contributed by atoms with Crippen LogP contribution in [-0.2, 0) is 0 Å². The lowest BCUT2D eigenvalue weighted by Gasteiger charge is -2.03.